The summed E-state index contributed by atoms with van der Waals surface area (Å²) in [6, 6.07) is 6.93. The van der Waals surface area contributed by atoms with E-state index >= 15 is 0 Å². The quantitative estimate of drug-likeness (QED) is 0.839. The summed E-state index contributed by atoms with van der Waals surface area (Å²) in [4.78, 5) is 38.8. The smallest absolute Gasteiger partial charge is 0.314 e. The maximum Gasteiger partial charge on any atom is 0.314 e. The van der Waals surface area contributed by atoms with Gasteiger partial charge < -0.3 is 19.4 Å². The molecule has 25 heavy (non-hydrogen) atoms. The topological polar surface area (TPSA) is 76.3 Å². The van der Waals surface area contributed by atoms with Crippen molar-refractivity contribution >= 4 is 17.5 Å². The zero-order valence-corrected chi connectivity index (χ0v) is 14.4. The molecule has 3 heterocycles. The summed E-state index contributed by atoms with van der Waals surface area (Å²) in [5.41, 5.74) is 0.772. The molecule has 1 aliphatic heterocycles. The third-order valence-corrected chi connectivity index (χ3v) is 4.65. The Labute approximate surface area is 145 Å². The molecule has 1 N–H and O–H groups in total. The van der Waals surface area contributed by atoms with Crippen LogP contribution in [0.2, 0.25) is 0 Å². The summed E-state index contributed by atoms with van der Waals surface area (Å²) in [6.45, 7) is 0.537. The van der Waals surface area contributed by atoms with Gasteiger partial charge in [0.1, 0.15) is 5.69 Å². The zero-order valence-electron chi connectivity index (χ0n) is 14.4. The number of pyridine rings is 1. The minimum absolute atomic E-state index is 0.107. The predicted octanol–water partition coefficient (Wildman–Crippen LogP) is 1.42. The van der Waals surface area contributed by atoms with Crippen LogP contribution in [-0.4, -0.2) is 32.4 Å². The van der Waals surface area contributed by atoms with Gasteiger partial charge in [-0.3, -0.25) is 14.4 Å². The van der Waals surface area contributed by atoms with Crippen LogP contribution in [0, 0.1) is 0 Å². The first kappa shape index (κ1) is 17.0. The van der Waals surface area contributed by atoms with Crippen molar-refractivity contribution in [3.05, 3.63) is 52.7 Å². The fraction of sp³-hybridized carbons (Fsp3) is 0.389. The third-order valence-electron chi connectivity index (χ3n) is 4.65. The summed E-state index contributed by atoms with van der Waals surface area (Å²) < 4.78 is 3.33. The molecule has 1 aliphatic rings. The van der Waals surface area contributed by atoms with Gasteiger partial charge in [-0.05, 0) is 43.5 Å². The van der Waals surface area contributed by atoms with Crippen molar-refractivity contribution < 1.29 is 9.59 Å². The summed E-state index contributed by atoms with van der Waals surface area (Å²) in [7, 11) is 3.52. The van der Waals surface area contributed by atoms with Crippen molar-refractivity contribution in [1.82, 2.24) is 14.0 Å². The molecule has 0 bridgehead atoms. The molecule has 1 atom stereocenters. The molecule has 1 unspecified atom stereocenters. The first-order valence-electron chi connectivity index (χ1n) is 8.38. The molecule has 1 fully saturated rings. The molecule has 1 saturated heterocycles. The Hall–Kier alpha value is -2.83. The summed E-state index contributed by atoms with van der Waals surface area (Å²) in [5, 5.41) is 2.46. The van der Waals surface area contributed by atoms with E-state index in [9.17, 15) is 14.4 Å². The number of nitrogens with one attached hydrogen (secondary N) is 1. The van der Waals surface area contributed by atoms with Crippen LogP contribution in [-0.2, 0) is 23.7 Å². The maximum absolute atomic E-state index is 12.7. The van der Waals surface area contributed by atoms with E-state index < -0.39 is 11.8 Å². The monoisotopic (exact) mass is 342 g/mol. The summed E-state index contributed by atoms with van der Waals surface area (Å²) in [5.74, 6) is -1.37. The minimum Gasteiger partial charge on any atom is -0.353 e. The van der Waals surface area contributed by atoms with Gasteiger partial charge in [-0.15, -0.1) is 0 Å². The van der Waals surface area contributed by atoms with Crippen molar-refractivity contribution in [1.29, 1.82) is 0 Å². The molecule has 0 aliphatic carbocycles. The van der Waals surface area contributed by atoms with Gasteiger partial charge in [0.15, 0.2) is 0 Å². The number of aryl methyl sites for hydroxylation is 2. The van der Waals surface area contributed by atoms with Gasteiger partial charge in [-0.25, -0.2) is 0 Å². The molecule has 2 aromatic heterocycles. The first-order valence-corrected chi connectivity index (χ1v) is 8.38. The number of piperidine rings is 1. The van der Waals surface area contributed by atoms with Gasteiger partial charge in [0.2, 0.25) is 0 Å². The average Bonchev–Trinajstić information content (AvgIpc) is 3.04. The van der Waals surface area contributed by atoms with E-state index in [-0.39, 0.29) is 17.3 Å². The molecule has 0 saturated carbocycles. The number of hydrogen-bond acceptors (Lipinski definition) is 3. The lowest BCUT2D eigenvalue weighted by Gasteiger charge is -2.35. The molecule has 0 aromatic carbocycles. The van der Waals surface area contributed by atoms with Crippen LogP contribution < -0.4 is 10.9 Å². The van der Waals surface area contributed by atoms with Crippen molar-refractivity contribution in [2.75, 3.05) is 11.9 Å². The van der Waals surface area contributed by atoms with E-state index in [1.807, 2.05) is 29.9 Å². The lowest BCUT2D eigenvalue weighted by Crippen LogP contribution is -2.45. The Morgan fingerprint density at radius 3 is 2.52 bits per heavy atom. The molecular formula is C18H22N4O3. The molecule has 0 spiro atoms. The highest BCUT2D eigenvalue weighted by Gasteiger charge is 2.33. The van der Waals surface area contributed by atoms with E-state index in [0.717, 1.165) is 25.0 Å². The predicted molar refractivity (Wildman–Crippen MR) is 94.0 cm³/mol. The van der Waals surface area contributed by atoms with Crippen LogP contribution in [0.5, 0.6) is 0 Å². The average molecular weight is 342 g/mol. The number of anilines is 1. The van der Waals surface area contributed by atoms with Crippen LogP contribution in [0.3, 0.4) is 0 Å². The Balaban J connectivity index is 1.80. The minimum atomic E-state index is -0.774. The fourth-order valence-corrected chi connectivity index (χ4v) is 3.30. The number of nitrogens with zero attached hydrogens (tertiary/aromatic N) is 3. The van der Waals surface area contributed by atoms with Crippen LogP contribution in [0.15, 0.2) is 41.5 Å². The van der Waals surface area contributed by atoms with Crippen molar-refractivity contribution in [2.45, 2.75) is 25.3 Å². The lowest BCUT2D eigenvalue weighted by atomic mass is 9.99. The molecule has 2 aromatic rings. The number of amides is 2. The van der Waals surface area contributed by atoms with Crippen molar-refractivity contribution in [3.63, 3.8) is 0 Å². The Kier molecular flexibility index (Phi) is 4.74. The summed E-state index contributed by atoms with van der Waals surface area (Å²) in [6.07, 6.45) is 6.23. The second-order valence-corrected chi connectivity index (χ2v) is 6.35. The largest absolute Gasteiger partial charge is 0.353 e. The second kappa shape index (κ2) is 6.96. The Bertz CT molecular complexity index is 852. The molecule has 2 amide bonds. The molecule has 132 valence electrons. The number of rotatable bonds is 2. The molecule has 3 rings (SSSR count). The van der Waals surface area contributed by atoms with Crippen LogP contribution >= 0.6 is 0 Å². The van der Waals surface area contributed by atoms with Gasteiger partial charge in [-0.2, -0.15) is 0 Å². The van der Waals surface area contributed by atoms with Crippen LogP contribution in [0.4, 0.5) is 5.69 Å². The molecule has 7 nitrogen and oxygen atoms in total. The van der Waals surface area contributed by atoms with Crippen LogP contribution in [0.1, 0.15) is 31.0 Å². The molecular weight excluding hydrogens is 320 g/mol. The molecule has 0 radical (unpaired) electrons. The van der Waals surface area contributed by atoms with Gasteiger partial charge >= 0.3 is 11.8 Å². The Morgan fingerprint density at radius 1 is 1.08 bits per heavy atom. The van der Waals surface area contributed by atoms with E-state index in [1.54, 1.807) is 24.2 Å². The van der Waals surface area contributed by atoms with E-state index in [1.165, 1.54) is 10.6 Å². The highest BCUT2D eigenvalue weighted by atomic mass is 16.2. The lowest BCUT2D eigenvalue weighted by molar-refractivity contribution is -0.146. The number of aromatic nitrogens is 2. The first-order chi connectivity index (χ1) is 12.0. The maximum atomic E-state index is 12.7. The van der Waals surface area contributed by atoms with Crippen molar-refractivity contribution in [3.8, 4) is 0 Å². The number of hydrogen-bond donors (Lipinski definition) is 1. The SMILES string of the molecule is Cn1cccc1C1CCCCN1C(=O)C(=O)Nc1cccn(C)c1=O. The highest BCUT2D eigenvalue weighted by molar-refractivity contribution is 6.39. The van der Waals surface area contributed by atoms with Gasteiger partial charge in [0.25, 0.3) is 5.56 Å². The van der Waals surface area contributed by atoms with Gasteiger partial charge in [0, 0.05) is 38.7 Å². The highest BCUT2D eigenvalue weighted by Crippen LogP contribution is 2.31. The fourth-order valence-electron chi connectivity index (χ4n) is 3.30. The number of likely N-dealkylation sites (tertiary alicyclic amines) is 1. The normalized spacial score (nSPS) is 17.4. The number of carbonyl (C=O) groups is 2. The van der Waals surface area contributed by atoms with Gasteiger partial charge in [0.05, 0.1) is 6.04 Å². The second-order valence-electron chi connectivity index (χ2n) is 6.35. The van der Waals surface area contributed by atoms with Gasteiger partial charge in [-0.1, -0.05) is 0 Å². The van der Waals surface area contributed by atoms with E-state index in [0.29, 0.717) is 6.54 Å². The van der Waals surface area contributed by atoms with E-state index in [2.05, 4.69) is 5.32 Å². The third kappa shape index (κ3) is 3.35. The Morgan fingerprint density at radius 2 is 1.80 bits per heavy atom. The van der Waals surface area contributed by atoms with Crippen LogP contribution in [0.25, 0.3) is 0 Å². The zero-order chi connectivity index (χ0) is 18.0. The standard InChI is InChI=1S/C18H22N4O3/c1-20-10-6-9-14(20)15-8-3-4-12-22(15)18(25)16(23)19-13-7-5-11-21(2)17(13)24/h5-7,9-11,15H,3-4,8,12H2,1-2H3,(H,19,23). The van der Waals surface area contributed by atoms with E-state index in [4.69, 9.17) is 0 Å². The van der Waals surface area contributed by atoms with Crippen molar-refractivity contribution in [2.24, 2.45) is 14.1 Å². The number of carbonyl (C=O) groups excluding carboxylic acids is 2. The molecule has 7 heteroatoms. The summed E-state index contributed by atoms with van der Waals surface area (Å²) >= 11 is 0.